The van der Waals surface area contributed by atoms with Gasteiger partial charge in [-0.15, -0.1) is 0 Å². The van der Waals surface area contributed by atoms with Crippen molar-refractivity contribution in [2.24, 2.45) is 5.73 Å². The van der Waals surface area contributed by atoms with Crippen LogP contribution in [0.4, 0.5) is 0 Å². The van der Waals surface area contributed by atoms with Gasteiger partial charge in [-0.1, -0.05) is 23.2 Å². The highest BCUT2D eigenvalue weighted by Crippen LogP contribution is 2.32. The molecule has 1 aromatic carbocycles. The number of nitrogens with two attached hydrogens (primary N) is 1. The van der Waals surface area contributed by atoms with Gasteiger partial charge in [0.1, 0.15) is 5.75 Å². The number of hydrogen-bond donors (Lipinski definition) is 2. The molecule has 0 aliphatic heterocycles. The first-order valence-electron chi connectivity index (χ1n) is 4.48. The molecule has 0 spiro atoms. The van der Waals surface area contributed by atoms with Crippen LogP contribution >= 0.6 is 23.2 Å². The van der Waals surface area contributed by atoms with Gasteiger partial charge in [0.05, 0.1) is 18.2 Å². The van der Waals surface area contributed by atoms with Gasteiger partial charge in [-0.3, -0.25) is 0 Å². The molecule has 0 aliphatic rings. The van der Waals surface area contributed by atoms with Crippen molar-refractivity contribution >= 4 is 23.2 Å². The Morgan fingerprint density at radius 2 is 2.13 bits per heavy atom. The molecule has 0 saturated carbocycles. The number of ether oxygens (including phenoxy) is 1. The summed E-state index contributed by atoms with van der Waals surface area (Å²) >= 11 is 11.8. The van der Waals surface area contributed by atoms with Gasteiger partial charge in [0.2, 0.25) is 0 Å². The fourth-order valence-electron chi connectivity index (χ4n) is 1.33. The third kappa shape index (κ3) is 3.24. The molecule has 1 aromatic rings. The molecule has 0 heterocycles. The maximum Gasteiger partial charge on any atom is 0.140 e. The molecule has 1 atom stereocenters. The minimum Gasteiger partial charge on any atom is -0.495 e. The smallest absolute Gasteiger partial charge is 0.140 e. The van der Waals surface area contributed by atoms with E-state index >= 15 is 0 Å². The number of methoxy groups -OCH3 is 1. The van der Waals surface area contributed by atoms with Crippen LogP contribution in [0.5, 0.6) is 5.75 Å². The molecular formula is C10H13Cl2NO2. The van der Waals surface area contributed by atoms with Gasteiger partial charge in [-0.05, 0) is 17.7 Å². The van der Waals surface area contributed by atoms with Crippen molar-refractivity contribution in [3.05, 3.63) is 27.7 Å². The molecule has 1 rings (SSSR count). The van der Waals surface area contributed by atoms with E-state index in [2.05, 4.69) is 0 Å². The first-order chi connectivity index (χ1) is 7.08. The zero-order valence-corrected chi connectivity index (χ0v) is 9.85. The average molecular weight is 250 g/mol. The third-order valence-corrected chi connectivity index (χ3v) is 2.52. The third-order valence-electron chi connectivity index (χ3n) is 2.02. The van der Waals surface area contributed by atoms with Crippen molar-refractivity contribution in [2.45, 2.75) is 12.5 Å². The maximum atomic E-state index is 9.45. The van der Waals surface area contributed by atoms with Gasteiger partial charge < -0.3 is 15.6 Å². The van der Waals surface area contributed by atoms with Gasteiger partial charge >= 0.3 is 0 Å². The molecule has 0 fully saturated rings. The van der Waals surface area contributed by atoms with Gasteiger partial charge in [0.15, 0.2) is 0 Å². The highest BCUT2D eigenvalue weighted by Gasteiger charge is 2.12. The topological polar surface area (TPSA) is 55.5 Å². The lowest BCUT2D eigenvalue weighted by molar-refractivity contribution is 0.182. The largest absolute Gasteiger partial charge is 0.495 e. The summed E-state index contributed by atoms with van der Waals surface area (Å²) in [5.41, 5.74) is 6.09. The van der Waals surface area contributed by atoms with Crippen molar-refractivity contribution in [3.8, 4) is 5.75 Å². The van der Waals surface area contributed by atoms with E-state index in [4.69, 9.17) is 33.7 Å². The predicted octanol–water partition coefficient (Wildman–Crippen LogP) is 1.86. The van der Waals surface area contributed by atoms with Gasteiger partial charge in [-0.25, -0.2) is 0 Å². The Morgan fingerprint density at radius 3 is 2.67 bits per heavy atom. The second-order valence-corrected chi connectivity index (χ2v) is 4.02. The van der Waals surface area contributed by atoms with Crippen molar-refractivity contribution in [2.75, 3.05) is 13.7 Å². The Hall–Kier alpha value is -0.480. The Labute approximate surface area is 98.7 Å². The Kier molecular flexibility index (Phi) is 4.67. The lowest BCUT2D eigenvalue weighted by Crippen LogP contribution is -2.22. The van der Waals surface area contributed by atoms with E-state index in [1.54, 1.807) is 12.1 Å². The molecule has 0 aliphatic carbocycles. The molecule has 15 heavy (non-hydrogen) atoms. The summed E-state index contributed by atoms with van der Waals surface area (Å²) in [6, 6.07) is 3.31. The number of hydrogen-bond acceptors (Lipinski definition) is 3. The quantitative estimate of drug-likeness (QED) is 0.857. The molecule has 0 bridgehead atoms. The van der Waals surface area contributed by atoms with E-state index in [1.165, 1.54) is 7.11 Å². The van der Waals surface area contributed by atoms with Crippen molar-refractivity contribution in [1.29, 1.82) is 0 Å². The number of benzene rings is 1. The predicted molar refractivity (Wildman–Crippen MR) is 61.8 cm³/mol. The summed E-state index contributed by atoms with van der Waals surface area (Å²) in [5, 5.41) is 10.4. The van der Waals surface area contributed by atoms with Crippen LogP contribution in [0.2, 0.25) is 10.0 Å². The van der Waals surface area contributed by atoms with E-state index < -0.39 is 6.10 Å². The Morgan fingerprint density at radius 1 is 1.47 bits per heavy atom. The molecule has 84 valence electrons. The van der Waals surface area contributed by atoms with Crippen LogP contribution in [0.25, 0.3) is 0 Å². The number of rotatable bonds is 4. The first kappa shape index (κ1) is 12.6. The van der Waals surface area contributed by atoms with Crippen molar-refractivity contribution in [1.82, 2.24) is 0 Å². The lowest BCUT2D eigenvalue weighted by Gasteiger charge is -2.13. The van der Waals surface area contributed by atoms with Crippen LogP contribution in [0.15, 0.2) is 12.1 Å². The van der Waals surface area contributed by atoms with E-state index in [1.807, 2.05) is 0 Å². The van der Waals surface area contributed by atoms with Crippen LogP contribution < -0.4 is 10.5 Å². The zero-order valence-electron chi connectivity index (χ0n) is 8.34. The molecular weight excluding hydrogens is 237 g/mol. The van der Waals surface area contributed by atoms with Crippen molar-refractivity contribution in [3.63, 3.8) is 0 Å². The molecule has 3 N–H and O–H groups in total. The molecule has 0 saturated heterocycles. The summed E-state index contributed by atoms with van der Waals surface area (Å²) in [5.74, 6) is 0.536. The second-order valence-electron chi connectivity index (χ2n) is 3.17. The van der Waals surface area contributed by atoms with E-state index in [9.17, 15) is 5.11 Å². The van der Waals surface area contributed by atoms with Crippen LogP contribution in [-0.2, 0) is 6.42 Å². The highest BCUT2D eigenvalue weighted by atomic mass is 35.5. The molecule has 5 heteroatoms. The normalized spacial score (nSPS) is 12.6. The second kappa shape index (κ2) is 5.56. The summed E-state index contributed by atoms with van der Waals surface area (Å²) in [6.07, 6.45) is -0.242. The molecule has 1 unspecified atom stereocenters. The summed E-state index contributed by atoms with van der Waals surface area (Å²) < 4.78 is 5.13. The van der Waals surface area contributed by atoms with E-state index in [0.29, 0.717) is 22.2 Å². The summed E-state index contributed by atoms with van der Waals surface area (Å²) in [6.45, 7) is 0.188. The number of aliphatic hydroxyl groups is 1. The number of halogens is 2. The fraction of sp³-hybridized carbons (Fsp3) is 0.400. The Balaban J connectivity index is 3.03. The molecule has 3 nitrogen and oxygen atoms in total. The van der Waals surface area contributed by atoms with Crippen LogP contribution in [0.1, 0.15) is 5.56 Å². The Bertz CT molecular complexity index is 344. The standard InChI is InChI=1S/C10H13Cl2NO2/c1-15-10-6(3-8(14)5-13)2-7(11)4-9(10)12/h2,4,8,14H,3,5,13H2,1H3. The summed E-state index contributed by atoms with van der Waals surface area (Å²) in [7, 11) is 1.52. The van der Waals surface area contributed by atoms with E-state index in [0.717, 1.165) is 5.56 Å². The molecule has 0 radical (unpaired) electrons. The van der Waals surface area contributed by atoms with Gasteiger partial charge in [-0.2, -0.15) is 0 Å². The minimum atomic E-state index is -0.617. The van der Waals surface area contributed by atoms with Crippen LogP contribution in [-0.4, -0.2) is 24.9 Å². The van der Waals surface area contributed by atoms with Gasteiger partial charge in [0, 0.05) is 18.0 Å². The molecule has 0 aromatic heterocycles. The fourth-order valence-corrected chi connectivity index (χ4v) is 1.94. The highest BCUT2D eigenvalue weighted by molar-refractivity contribution is 6.35. The SMILES string of the molecule is COc1c(Cl)cc(Cl)cc1CC(O)CN. The number of aliphatic hydroxyl groups excluding tert-OH is 1. The van der Waals surface area contributed by atoms with Crippen LogP contribution in [0.3, 0.4) is 0 Å². The zero-order chi connectivity index (χ0) is 11.4. The maximum absolute atomic E-state index is 9.45. The first-order valence-corrected chi connectivity index (χ1v) is 5.24. The average Bonchev–Trinajstić information content (AvgIpc) is 2.17. The summed E-state index contributed by atoms with van der Waals surface area (Å²) in [4.78, 5) is 0. The minimum absolute atomic E-state index is 0.188. The van der Waals surface area contributed by atoms with E-state index in [-0.39, 0.29) is 6.54 Å². The van der Waals surface area contributed by atoms with Crippen LogP contribution in [0, 0.1) is 0 Å². The monoisotopic (exact) mass is 249 g/mol. The van der Waals surface area contributed by atoms with Gasteiger partial charge in [0.25, 0.3) is 0 Å². The lowest BCUT2D eigenvalue weighted by atomic mass is 10.1. The van der Waals surface area contributed by atoms with Crippen molar-refractivity contribution < 1.29 is 9.84 Å². The molecule has 0 amide bonds.